The third-order valence-electron chi connectivity index (χ3n) is 3.98. The van der Waals surface area contributed by atoms with Crippen molar-refractivity contribution in [1.82, 2.24) is 10.6 Å². The van der Waals surface area contributed by atoms with Crippen molar-refractivity contribution in [3.8, 4) is 0 Å². The number of carbonyl (C=O) groups is 2. The van der Waals surface area contributed by atoms with Crippen molar-refractivity contribution in [2.24, 2.45) is 0 Å². The molecule has 1 aromatic carbocycles. The van der Waals surface area contributed by atoms with Gasteiger partial charge in [0.1, 0.15) is 0 Å². The minimum Gasteiger partial charge on any atom is -0.478 e. The lowest BCUT2D eigenvalue weighted by atomic mass is 9.92. The molecule has 0 aliphatic heterocycles. The molecule has 1 fully saturated rings. The molecule has 1 aliphatic rings. The van der Waals surface area contributed by atoms with E-state index in [1.165, 1.54) is 12.1 Å². The minimum absolute atomic E-state index is 0.0492. The van der Waals surface area contributed by atoms with Crippen molar-refractivity contribution >= 4 is 12.0 Å². The molecule has 0 aromatic heterocycles. The van der Waals surface area contributed by atoms with Crippen LogP contribution in [0.1, 0.15) is 41.6 Å². The van der Waals surface area contributed by atoms with Crippen LogP contribution in [0.15, 0.2) is 24.3 Å². The van der Waals surface area contributed by atoms with Crippen molar-refractivity contribution in [3.63, 3.8) is 0 Å². The van der Waals surface area contributed by atoms with Gasteiger partial charge in [0.15, 0.2) is 0 Å². The average Bonchev–Trinajstić information content (AvgIpc) is 2.54. The van der Waals surface area contributed by atoms with E-state index in [4.69, 9.17) is 9.84 Å². The SMILES string of the molecule is CO[C@H]1CCCC[C@@H]1NC(=O)NCc1ccc(C(=O)O)cc1. The van der Waals surface area contributed by atoms with E-state index in [0.29, 0.717) is 6.54 Å². The van der Waals surface area contributed by atoms with Gasteiger partial charge in [-0.1, -0.05) is 25.0 Å². The molecule has 2 atom stereocenters. The summed E-state index contributed by atoms with van der Waals surface area (Å²) >= 11 is 0. The maximum Gasteiger partial charge on any atom is 0.335 e. The Labute approximate surface area is 129 Å². The molecule has 0 radical (unpaired) electrons. The van der Waals surface area contributed by atoms with Crippen LogP contribution in [0.2, 0.25) is 0 Å². The Morgan fingerprint density at radius 3 is 2.55 bits per heavy atom. The average molecular weight is 306 g/mol. The maximum absolute atomic E-state index is 11.9. The van der Waals surface area contributed by atoms with Gasteiger partial charge in [0.2, 0.25) is 0 Å². The number of amides is 2. The smallest absolute Gasteiger partial charge is 0.335 e. The van der Waals surface area contributed by atoms with Crippen molar-refractivity contribution in [2.45, 2.75) is 44.4 Å². The number of rotatable bonds is 5. The topological polar surface area (TPSA) is 87.7 Å². The summed E-state index contributed by atoms with van der Waals surface area (Å²) in [5.74, 6) is -0.958. The van der Waals surface area contributed by atoms with Gasteiger partial charge in [-0.25, -0.2) is 9.59 Å². The summed E-state index contributed by atoms with van der Waals surface area (Å²) in [5.41, 5.74) is 1.09. The van der Waals surface area contributed by atoms with E-state index in [1.807, 2.05) is 0 Å². The van der Waals surface area contributed by atoms with Crippen LogP contribution in [0.4, 0.5) is 4.79 Å². The third kappa shape index (κ3) is 4.46. The Balaban J connectivity index is 1.80. The van der Waals surface area contributed by atoms with Crippen molar-refractivity contribution < 1.29 is 19.4 Å². The Morgan fingerprint density at radius 1 is 1.23 bits per heavy atom. The number of ether oxygens (including phenoxy) is 1. The molecule has 0 spiro atoms. The van der Waals surface area contributed by atoms with E-state index in [9.17, 15) is 9.59 Å². The van der Waals surface area contributed by atoms with Gasteiger partial charge < -0.3 is 20.5 Å². The Bertz CT molecular complexity index is 515. The van der Waals surface area contributed by atoms with Gasteiger partial charge >= 0.3 is 12.0 Å². The predicted molar refractivity (Wildman–Crippen MR) is 81.8 cm³/mol. The summed E-state index contributed by atoms with van der Waals surface area (Å²) in [6, 6.07) is 6.27. The first-order valence-corrected chi connectivity index (χ1v) is 7.49. The van der Waals surface area contributed by atoms with Crippen LogP contribution in [0.3, 0.4) is 0 Å². The predicted octanol–water partition coefficient (Wildman–Crippen LogP) is 2.14. The van der Waals surface area contributed by atoms with Crippen LogP contribution >= 0.6 is 0 Å². The van der Waals surface area contributed by atoms with Gasteiger partial charge in [0, 0.05) is 13.7 Å². The number of methoxy groups -OCH3 is 1. The van der Waals surface area contributed by atoms with Crippen molar-refractivity contribution in [3.05, 3.63) is 35.4 Å². The summed E-state index contributed by atoms with van der Waals surface area (Å²) in [6.07, 6.45) is 4.21. The molecule has 1 aliphatic carbocycles. The molecule has 0 saturated heterocycles. The van der Waals surface area contributed by atoms with E-state index < -0.39 is 5.97 Å². The normalized spacial score (nSPS) is 21.1. The van der Waals surface area contributed by atoms with Gasteiger partial charge in [-0.3, -0.25) is 0 Å². The fourth-order valence-corrected chi connectivity index (χ4v) is 2.71. The first-order valence-electron chi connectivity index (χ1n) is 7.49. The van der Waals surface area contributed by atoms with Crippen LogP contribution in [0.25, 0.3) is 0 Å². The molecule has 6 nitrogen and oxygen atoms in total. The zero-order valence-electron chi connectivity index (χ0n) is 12.7. The van der Waals surface area contributed by atoms with Crippen molar-refractivity contribution in [2.75, 3.05) is 7.11 Å². The fraction of sp³-hybridized carbons (Fsp3) is 0.500. The van der Waals surface area contributed by atoms with Crippen LogP contribution in [-0.4, -0.2) is 36.4 Å². The van der Waals surface area contributed by atoms with Crippen LogP contribution < -0.4 is 10.6 Å². The molecule has 120 valence electrons. The number of urea groups is 1. The van der Waals surface area contributed by atoms with Crippen LogP contribution in [0, 0.1) is 0 Å². The van der Waals surface area contributed by atoms with E-state index in [-0.39, 0.29) is 23.7 Å². The van der Waals surface area contributed by atoms with E-state index in [1.54, 1.807) is 19.2 Å². The molecule has 1 saturated carbocycles. The lowest BCUT2D eigenvalue weighted by Gasteiger charge is -2.31. The lowest BCUT2D eigenvalue weighted by Crippen LogP contribution is -2.49. The van der Waals surface area contributed by atoms with Crippen LogP contribution in [-0.2, 0) is 11.3 Å². The van der Waals surface area contributed by atoms with E-state index in [0.717, 1.165) is 31.2 Å². The largest absolute Gasteiger partial charge is 0.478 e. The summed E-state index contributed by atoms with van der Waals surface area (Å²) in [6.45, 7) is 0.357. The number of aromatic carboxylic acids is 1. The molecule has 0 heterocycles. The first kappa shape index (κ1) is 16.3. The maximum atomic E-state index is 11.9. The highest BCUT2D eigenvalue weighted by atomic mass is 16.5. The molecule has 1 aromatic rings. The van der Waals surface area contributed by atoms with Gasteiger partial charge in [0.05, 0.1) is 17.7 Å². The summed E-state index contributed by atoms with van der Waals surface area (Å²) < 4.78 is 5.40. The molecular formula is C16H22N2O4. The molecule has 2 rings (SSSR count). The van der Waals surface area contributed by atoms with Gasteiger partial charge in [0.25, 0.3) is 0 Å². The van der Waals surface area contributed by atoms with Crippen LogP contribution in [0.5, 0.6) is 0 Å². The number of hydrogen-bond acceptors (Lipinski definition) is 3. The molecule has 6 heteroatoms. The molecule has 3 N–H and O–H groups in total. The molecule has 0 unspecified atom stereocenters. The van der Waals surface area contributed by atoms with Gasteiger partial charge in [-0.05, 0) is 30.5 Å². The zero-order valence-corrected chi connectivity index (χ0v) is 12.7. The van der Waals surface area contributed by atoms with E-state index >= 15 is 0 Å². The number of carbonyl (C=O) groups excluding carboxylic acids is 1. The van der Waals surface area contributed by atoms with E-state index in [2.05, 4.69) is 10.6 Å². The highest BCUT2D eigenvalue weighted by molar-refractivity contribution is 5.87. The molecule has 0 bridgehead atoms. The number of carboxylic acid groups (broad SMARTS) is 1. The Kier molecular flexibility index (Phi) is 5.77. The highest BCUT2D eigenvalue weighted by Gasteiger charge is 2.26. The number of benzene rings is 1. The number of hydrogen-bond donors (Lipinski definition) is 3. The van der Waals surface area contributed by atoms with Gasteiger partial charge in [-0.15, -0.1) is 0 Å². The Hall–Kier alpha value is -2.08. The highest BCUT2D eigenvalue weighted by Crippen LogP contribution is 2.20. The summed E-state index contributed by atoms with van der Waals surface area (Å²) in [7, 11) is 1.67. The second-order valence-corrected chi connectivity index (χ2v) is 5.49. The second kappa shape index (κ2) is 7.79. The summed E-state index contributed by atoms with van der Waals surface area (Å²) in [5, 5.41) is 14.6. The first-order chi connectivity index (χ1) is 10.6. The number of nitrogens with one attached hydrogen (secondary N) is 2. The molecule has 22 heavy (non-hydrogen) atoms. The number of carboxylic acids is 1. The quantitative estimate of drug-likeness (QED) is 0.777. The van der Waals surface area contributed by atoms with Gasteiger partial charge in [-0.2, -0.15) is 0 Å². The summed E-state index contributed by atoms with van der Waals surface area (Å²) in [4.78, 5) is 22.7. The fourth-order valence-electron chi connectivity index (χ4n) is 2.71. The molecular weight excluding hydrogens is 284 g/mol. The monoisotopic (exact) mass is 306 g/mol. The third-order valence-corrected chi connectivity index (χ3v) is 3.98. The lowest BCUT2D eigenvalue weighted by molar-refractivity contribution is 0.0452. The second-order valence-electron chi connectivity index (χ2n) is 5.49. The molecule has 2 amide bonds. The van der Waals surface area contributed by atoms with Crippen molar-refractivity contribution in [1.29, 1.82) is 0 Å². The minimum atomic E-state index is -0.958. The Morgan fingerprint density at radius 2 is 1.91 bits per heavy atom. The standard InChI is InChI=1S/C16H22N2O4/c1-22-14-5-3-2-4-13(14)18-16(21)17-10-11-6-8-12(9-7-11)15(19)20/h6-9,13-14H,2-5,10H2,1H3,(H,19,20)(H2,17,18,21)/t13-,14-/m0/s1. The zero-order chi connectivity index (χ0) is 15.9.